The zero-order valence-corrected chi connectivity index (χ0v) is 9.43. The second-order valence-electron chi connectivity index (χ2n) is 2.03. The number of anilines is 1. The van der Waals surface area contributed by atoms with Crippen molar-refractivity contribution in [1.29, 1.82) is 0 Å². The molecule has 0 fully saturated rings. The fraction of sp³-hybridized carbons (Fsp3) is 0.167. The van der Waals surface area contributed by atoms with Crippen LogP contribution in [0.2, 0.25) is 0 Å². The van der Waals surface area contributed by atoms with Gasteiger partial charge in [0.2, 0.25) is 0 Å². The first-order valence-corrected chi connectivity index (χ1v) is 4.79. The number of alkyl halides is 2. The summed E-state index contributed by atoms with van der Waals surface area (Å²) >= 11 is 4.78. The maximum Gasteiger partial charge on any atom is 0.281 e. The van der Waals surface area contributed by atoms with Crippen LogP contribution in [0.1, 0.15) is 12.1 Å². The fourth-order valence-electron chi connectivity index (χ4n) is 0.681. The molecule has 6 heteroatoms. The van der Waals surface area contributed by atoms with Crippen molar-refractivity contribution < 1.29 is 8.78 Å². The standard InChI is InChI=1S/C6H4BrF2IN2/c7-4-2(11)1-3(10)12-5(4)6(8)9/h1,6H,(H2,11,12). The molecule has 0 bridgehead atoms. The molecule has 0 aromatic carbocycles. The third-order valence-corrected chi connectivity index (χ3v) is 2.60. The summed E-state index contributed by atoms with van der Waals surface area (Å²) in [5.74, 6) is 0. The number of halogens is 4. The van der Waals surface area contributed by atoms with Gasteiger partial charge in [0.15, 0.2) is 0 Å². The number of pyridine rings is 1. The van der Waals surface area contributed by atoms with Gasteiger partial charge in [-0.25, -0.2) is 13.8 Å². The number of hydrogen-bond donors (Lipinski definition) is 1. The molecule has 0 saturated carbocycles. The normalized spacial score (nSPS) is 10.8. The van der Waals surface area contributed by atoms with Crippen molar-refractivity contribution in [2.45, 2.75) is 6.43 Å². The number of nitrogen functional groups attached to an aromatic ring is 1. The van der Waals surface area contributed by atoms with Crippen LogP contribution in [0.3, 0.4) is 0 Å². The Balaban J connectivity index is 3.28. The smallest absolute Gasteiger partial charge is 0.281 e. The molecular weight excluding hydrogens is 345 g/mol. The van der Waals surface area contributed by atoms with Crippen LogP contribution < -0.4 is 5.73 Å². The van der Waals surface area contributed by atoms with Crippen molar-refractivity contribution in [3.8, 4) is 0 Å². The lowest BCUT2D eigenvalue weighted by Crippen LogP contribution is -1.98. The highest BCUT2D eigenvalue weighted by Crippen LogP contribution is 2.30. The summed E-state index contributed by atoms with van der Waals surface area (Å²) in [5, 5.41) is 0. The van der Waals surface area contributed by atoms with Crippen molar-refractivity contribution in [3.63, 3.8) is 0 Å². The number of nitrogens with two attached hydrogens (primary N) is 1. The zero-order chi connectivity index (χ0) is 9.30. The molecular formula is C6H4BrF2IN2. The van der Waals surface area contributed by atoms with Crippen molar-refractivity contribution >= 4 is 44.2 Å². The third kappa shape index (κ3) is 2.03. The van der Waals surface area contributed by atoms with Crippen LogP contribution in [0.25, 0.3) is 0 Å². The van der Waals surface area contributed by atoms with Crippen molar-refractivity contribution in [3.05, 3.63) is 19.9 Å². The Labute approximate surface area is 89.8 Å². The van der Waals surface area contributed by atoms with Crippen LogP contribution in [-0.2, 0) is 0 Å². The van der Waals surface area contributed by atoms with E-state index in [0.29, 0.717) is 3.70 Å². The van der Waals surface area contributed by atoms with Crippen LogP contribution in [-0.4, -0.2) is 4.98 Å². The zero-order valence-electron chi connectivity index (χ0n) is 5.69. The number of nitrogens with zero attached hydrogens (tertiary/aromatic N) is 1. The first-order valence-electron chi connectivity index (χ1n) is 2.92. The second kappa shape index (κ2) is 3.82. The molecule has 1 aromatic heterocycles. The van der Waals surface area contributed by atoms with E-state index in [2.05, 4.69) is 20.9 Å². The van der Waals surface area contributed by atoms with Crippen LogP contribution in [0.4, 0.5) is 14.5 Å². The summed E-state index contributed by atoms with van der Waals surface area (Å²) in [6.45, 7) is 0. The van der Waals surface area contributed by atoms with E-state index in [1.807, 2.05) is 22.6 Å². The van der Waals surface area contributed by atoms with Gasteiger partial charge < -0.3 is 5.73 Å². The van der Waals surface area contributed by atoms with Crippen molar-refractivity contribution in [2.24, 2.45) is 0 Å². The van der Waals surface area contributed by atoms with E-state index in [-0.39, 0.29) is 15.9 Å². The van der Waals surface area contributed by atoms with E-state index in [1.54, 1.807) is 0 Å². The van der Waals surface area contributed by atoms with Gasteiger partial charge >= 0.3 is 0 Å². The molecule has 1 rings (SSSR count). The monoisotopic (exact) mass is 348 g/mol. The number of aromatic nitrogens is 1. The minimum absolute atomic E-state index is 0.179. The van der Waals surface area contributed by atoms with Crippen LogP contribution in [0.5, 0.6) is 0 Å². The summed E-state index contributed by atoms with van der Waals surface area (Å²) in [6.07, 6.45) is -2.60. The molecule has 1 aromatic rings. The molecule has 66 valence electrons. The van der Waals surface area contributed by atoms with Gasteiger partial charge in [-0.3, -0.25) is 0 Å². The van der Waals surface area contributed by atoms with Crippen molar-refractivity contribution in [1.82, 2.24) is 4.98 Å². The highest BCUT2D eigenvalue weighted by Gasteiger charge is 2.16. The Morgan fingerprint density at radius 3 is 2.67 bits per heavy atom. The van der Waals surface area contributed by atoms with Gasteiger partial charge in [0.05, 0.1) is 10.2 Å². The topological polar surface area (TPSA) is 38.9 Å². The van der Waals surface area contributed by atoms with E-state index in [0.717, 1.165) is 0 Å². The summed E-state index contributed by atoms with van der Waals surface area (Å²) in [5.41, 5.74) is 5.41. The highest BCUT2D eigenvalue weighted by atomic mass is 127. The van der Waals surface area contributed by atoms with Gasteiger partial charge in [0, 0.05) is 0 Å². The van der Waals surface area contributed by atoms with E-state index in [1.165, 1.54) is 6.07 Å². The van der Waals surface area contributed by atoms with Gasteiger partial charge in [-0.15, -0.1) is 0 Å². The average molecular weight is 349 g/mol. The maximum atomic E-state index is 12.2. The lowest BCUT2D eigenvalue weighted by Gasteiger charge is -2.05. The summed E-state index contributed by atoms with van der Waals surface area (Å²) in [4.78, 5) is 3.64. The molecule has 0 unspecified atom stereocenters. The molecule has 0 amide bonds. The largest absolute Gasteiger partial charge is 0.398 e. The highest BCUT2D eigenvalue weighted by molar-refractivity contribution is 14.1. The second-order valence-corrected chi connectivity index (χ2v) is 3.93. The van der Waals surface area contributed by atoms with Crippen LogP contribution in [0.15, 0.2) is 10.5 Å². The maximum absolute atomic E-state index is 12.2. The Morgan fingerprint density at radius 2 is 2.17 bits per heavy atom. The number of hydrogen-bond acceptors (Lipinski definition) is 2. The molecule has 0 aliphatic rings. The predicted molar refractivity (Wildman–Crippen MR) is 54.0 cm³/mol. The summed E-state index contributed by atoms with van der Waals surface area (Å²) in [7, 11) is 0. The van der Waals surface area contributed by atoms with E-state index >= 15 is 0 Å². The minimum atomic E-state index is -2.60. The van der Waals surface area contributed by atoms with Gasteiger partial charge in [0.1, 0.15) is 9.39 Å². The SMILES string of the molecule is Nc1cc(I)nc(C(F)F)c1Br. The van der Waals surface area contributed by atoms with E-state index < -0.39 is 6.43 Å². The van der Waals surface area contributed by atoms with Crippen molar-refractivity contribution in [2.75, 3.05) is 5.73 Å². The molecule has 0 aliphatic carbocycles. The minimum Gasteiger partial charge on any atom is -0.398 e. The molecule has 0 radical (unpaired) electrons. The quantitative estimate of drug-likeness (QED) is 0.626. The first kappa shape index (κ1) is 10.1. The van der Waals surface area contributed by atoms with Gasteiger partial charge in [-0.05, 0) is 44.6 Å². The van der Waals surface area contributed by atoms with Gasteiger partial charge in [-0.1, -0.05) is 0 Å². The molecule has 0 atom stereocenters. The number of rotatable bonds is 1. The Morgan fingerprint density at radius 1 is 1.58 bits per heavy atom. The Kier molecular flexibility index (Phi) is 3.22. The molecule has 0 saturated heterocycles. The molecule has 0 spiro atoms. The molecule has 0 aliphatic heterocycles. The Hall–Kier alpha value is 0.0200. The van der Waals surface area contributed by atoms with Gasteiger partial charge in [0.25, 0.3) is 6.43 Å². The molecule has 2 N–H and O–H groups in total. The summed E-state index contributed by atoms with van der Waals surface area (Å²) < 4.78 is 25.1. The molecule has 2 nitrogen and oxygen atoms in total. The lowest BCUT2D eigenvalue weighted by atomic mass is 10.3. The van der Waals surface area contributed by atoms with Crippen LogP contribution >= 0.6 is 38.5 Å². The van der Waals surface area contributed by atoms with E-state index in [4.69, 9.17) is 5.73 Å². The summed E-state index contributed by atoms with van der Waals surface area (Å²) in [6, 6.07) is 1.52. The Bertz CT molecular complexity index is 306. The van der Waals surface area contributed by atoms with E-state index in [9.17, 15) is 8.78 Å². The van der Waals surface area contributed by atoms with Crippen LogP contribution in [0, 0.1) is 3.70 Å². The third-order valence-electron chi connectivity index (χ3n) is 1.19. The fourth-order valence-corrected chi connectivity index (χ4v) is 1.65. The molecule has 12 heavy (non-hydrogen) atoms. The first-order chi connectivity index (χ1) is 5.52. The molecule has 1 heterocycles. The lowest BCUT2D eigenvalue weighted by molar-refractivity contribution is 0.145. The average Bonchev–Trinajstić information content (AvgIpc) is 1.96. The predicted octanol–water partition coefficient (Wildman–Crippen LogP) is 2.97. The van der Waals surface area contributed by atoms with Gasteiger partial charge in [-0.2, -0.15) is 0 Å².